The van der Waals surface area contributed by atoms with Crippen LogP contribution in [0.5, 0.6) is 0 Å². The number of non-ortho nitro benzene ring substituents is 1. The van der Waals surface area contributed by atoms with E-state index in [1.54, 1.807) is 12.1 Å². The van der Waals surface area contributed by atoms with E-state index < -0.39 is 11.0 Å². The first kappa shape index (κ1) is 14.2. The van der Waals surface area contributed by atoms with E-state index in [2.05, 4.69) is 13.8 Å². The highest BCUT2D eigenvalue weighted by Crippen LogP contribution is 2.25. The van der Waals surface area contributed by atoms with E-state index in [0.29, 0.717) is 11.5 Å². The molecular weight excluding hydrogens is 254 g/mol. The largest absolute Gasteiger partial charge is 0.384 e. The Hall–Kier alpha value is -2.20. The lowest BCUT2D eigenvalue weighted by Crippen LogP contribution is -2.00. The van der Waals surface area contributed by atoms with Crippen molar-refractivity contribution in [3.63, 3.8) is 0 Å². The van der Waals surface area contributed by atoms with Gasteiger partial charge in [-0.05, 0) is 34.7 Å². The Balaban J connectivity index is 2.21. The quantitative estimate of drug-likeness (QED) is 0.679. The van der Waals surface area contributed by atoms with Gasteiger partial charge in [-0.3, -0.25) is 10.1 Å². The predicted octanol–water partition coefficient (Wildman–Crippen LogP) is 3.80. The number of nitrogens with zero attached hydrogens (tertiary/aromatic N) is 1. The first-order valence-electron chi connectivity index (χ1n) is 6.51. The molecule has 0 saturated heterocycles. The van der Waals surface area contributed by atoms with E-state index in [1.807, 2.05) is 24.3 Å². The Kier molecular flexibility index (Phi) is 4.15. The van der Waals surface area contributed by atoms with E-state index in [0.717, 1.165) is 5.56 Å². The molecule has 0 bridgehead atoms. The molecule has 2 rings (SSSR count). The molecule has 0 unspecified atom stereocenters. The molecule has 4 nitrogen and oxygen atoms in total. The standard InChI is InChI=1S/C16H17NO3/c1-11(2)12-3-5-13(6-4-12)16(18)14-7-9-15(10-8-14)17(19)20/h3-11,16,18H,1-2H3/t16-/m1/s1. The summed E-state index contributed by atoms with van der Waals surface area (Å²) in [5.41, 5.74) is 2.66. The number of aliphatic hydroxyl groups excluding tert-OH is 1. The Morgan fingerprint density at radius 2 is 1.30 bits per heavy atom. The smallest absolute Gasteiger partial charge is 0.269 e. The number of benzene rings is 2. The van der Waals surface area contributed by atoms with Crippen LogP contribution in [0.15, 0.2) is 48.5 Å². The zero-order chi connectivity index (χ0) is 14.7. The van der Waals surface area contributed by atoms with Crippen LogP contribution in [0.4, 0.5) is 5.69 Å². The third kappa shape index (κ3) is 3.03. The predicted molar refractivity (Wildman–Crippen MR) is 77.7 cm³/mol. The van der Waals surface area contributed by atoms with Crippen molar-refractivity contribution in [2.75, 3.05) is 0 Å². The Bertz CT molecular complexity index is 588. The van der Waals surface area contributed by atoms with Gasteiger partial charge in [0.2, 0.25) is 0 Å². The van der Waals surface area contributed by atoms with Gasteiger partial charge in [-0.2, -0.15) is 0 Å². The molecule has 104 valence electrons. The first-order valence-corrected chi connectivity index (χ1v) is 6.51. The average Bonchev–Trinajstić information content (AvgIpc) is 2.46. The summed E-state index contributed by atoms with van der Waals surface area (Å²) in [6.45, 7) is 4.23. The van der Waals surface area contributed by atoms with Gasteiger partial charge in [0, 0.05) is 12.1 Å². The summed E-state index contributed by atoms with van der Waals surface area (Å²) in [6.07, 6.45) is -0.767. The lowest BCUT2D eigenvalue weighted by atomic mass is 9.97. The number of nitro benzene ring substituents is 1. The fraction of sp³-hybridized carbons (Fsp3) is 0.250. The maximum absolute atomic E-state index is 10.6. The number of aliphatic hydroxyl groups is 1. The van der Waals surface area contributed by atoms with Gasteiger partial charge in [-0.15, -0.1) is 0 Å². The number of hydrogen-bond donors (Lipinski definition) is 1. The molecule has 20 heavy (non-hydrogen) atoms. The van der Waals surface area contributed by atoms with Gasteiger partial charge in [0.15, 0.2) is 0 Å². The lowest BCUT2D eigenvalue weighted by Gasteiger charge is -2.13. The summed E-state index contributed by atoms with van der Waals surface area (Å²) in [5, 5.41) is 20.9. The van der Waals surface area contributed by atoms with Crippen molar-refractivity contribution in [3.05, 3.63) is 75.3 Å². The van der Waals surface area contributed by atoms with Crippen molar-refractivity contribution >= 4 is 5.69 Å². The molecule has 0 spiro atoms. The minimum atomic E-state index is -0.767. The van der Waals surface area contributed by atoms with Gasteiger partial charge in [0.05, 0.1) is 4.92 Å². The summed E-state index contributed by atoms with van der Waals surface area (Å²) < 4.78 is 0. The van der Waals surface area contributed by atoms with Crippen LogP contribution in [-0.4, -0.2) is 10.0 Å². The summed E-state index contributed by atoms with van der Waals surface area (Å²) in [4.78, 5) is 10.1. The topological polar surface area (TPSA) is 63.4 Å². The zero-order valence-electron chi connectivity index (χ0n) is 11.5. The summed E-state index contributed by atoms with van der Waals surface area (Å²) in [7, 11) is 0. The summed E-state index contributed by atoms with van der Waals surface area (Å²) in [6, 6.07) is 13.7. The van der Waals surface area contributed by atoms with Crippen molar-refractivity contribution in [1.82, 2.24) is 0 Å². The molecule has 2 aromatic rings. The molecule has 0 aliphatic rings. The fourth-order valence-electron chi connectivity index (χ4n) is 2.03. The monoisotopic (exact) mass is 271 g/mol. The van der Waals surface area contributed by atoms with Crippen molar-refractivity contribution in [1.29, 1.82) is 0 Å². The SMILES string of the molecule is CC(C)c1ccc([C@@H](O)c2ccc([N+](=O)[O-])cc2)cc1. The van der Waals surface area contributed by atoms with Gasteiger partial charge in [-0.25, -0.2) is 0 Å². The lowest BCUT2D eigenvalue weighted by molar-refractivity contribution is -0.384. The van der Waals surface area contributed by atoms with Crippen LogP contribution >= 0.6 is 0 Å². The van der Waals surface area contributed by atoms with E-state index >= 15 is 0 Å². The highest BCUT2D eigenvalue weighted by atomic mass is 16.6. The van der Waals surface area contributed by atoms with Gasteiger partial charge < -0.3 is 5.11 Å². The van der Waals surface area contributed by atoms with Crippen LogP contribution in [0.25, 0.3) is 0 Å². The highest BCUT2D eigenvalue weighted by Gasteiger charge is 2.12. The maximum atomic E-state index is 10.6. The minimum Gasteiger partial charge on any atom is -0.384 e. The van der Waals surface area contributed by atoms with Gasteiger partial charge in [0.25, 0.3) is 5.69 Å². The summed E-state index contributed by atoms with van der Waals surface area (Å²) >= 11 is 0. The average molecular weight is 271 g/mol. The van der Waals surface area contributed by atoms with Crippen molar-refractivity contribution < 1.29 is 10.0 Å². The number of nitro groups is 1. The second-order valence-corrected chi connectivity index (χ2v) is 5.07. The van der Waals surface area contributed by atoms with E-state index in [1.165, 1.54) is 17.7 Å². The molecule has 0 heterocycles. The summed E-state index contributed by atoms with van der Waals surface area (Å²) in [5.74, 6) is 0.445. The molecule has 4 heteroatoms. The molecule has 2 aromatic carbocycles. The molecule has 0 amide bonds. The van der Waals surface area contributed by atoms with E-state index in [4.69, 9.17) is 0 Å². The third-order valence-electron chi connectivity index (χ3n) is 3.34. The minimum absolute atomic E-state index is 0.0242. The first-order chi connectivity index (χ1) is 9.49. The molecule has 0 aromatic heterocycles. The van der Waals surface area contributed by atoms with Crippen LogP contribution in [0.1, 0.15) is 42.6 Å². The van der Waals surface area contributed by atoms with Crippen LogP contribution in [0.2, 0.25) is 0 Å². The molecule has 0 aliphatic heterocycles. The second-order valence-electron chi connectivity index (χ2n) is 5.07. The van der Waals surface area contributed by atoms with Gasteiger partial charge in [-0.1, -0.05) is 38.1 Å². The molecule has 0 aliphatic carbocycles. The van der Waals surface area contributed by atoms with Crippen LogP contribution in [-0.2, 0) is 0 Å². The van der Waals surface area contributed by atoms with E-state index in [9.17, 15) is 15.2 Å². The number of rotatable bonds is 4. The van der Waals surface area contributed by atoms with Crippen molar-refractivity contribution in [2.45, 2.75) is 25.9 Å². The number of hydrogen-bond acceptors (Lipinski definition) is 3. The fourth-order valence-corrected chi connectivity index (χ4v) is 2.03. The highest BCUT2D eigenvalue weighted by molar-refractivity contribution is 5.38. The van der Waals surface area contributed by atoms with E-state index in [-0.39, 0.29) is 5.69 Å². The van der Waals surface area contributed by atoms with Crippen LogP contribution in [0, 0.1) is 10.1 Å². The third-order valence-corrected chi connectivity index (χ3v) is 3.34. The van der Waals surface area contributed by atoms with Crippen molar-refractivity contribution in [3.8, 4) is 0 Å². The van der Waals surface area contributed by atoms with Crippen LogP contribution in [0.3, 0.4) is 0 Å². The van der Waals surface area contributed by atoms with Crippen molar-refractivity contribution in [2.24, 2.45) is 0 Å². The van der Waals surface area contributed by atoms with Gasteiger partial charge in [0.1, 0.15) is 6.10 Å². The molecule has 0 saturated carbocycles. The molecule has 1 N–H and O–H groups in total. The zero-order valence-corrected chi connectivity index (χ0v) is 11.5. The normalized spacial score (nSPS) is 12.4. The second kappa shape index (κ2) is 5.84. The Morgan fingerprint density at radius 1 is 0.900 bits per heavy atom. The molecule has 0 fully saturated rings. The molecule has 0 radical (unpaired) electrons. The van der Waals surface area contributed by atoms with Gasteiger partial charge >= 0.3 is 0 Å². The molecule has 1 atom stereocenters. The maximum Gasteiger partial charge on any atom is 0.269 e. The Morgan fingerprint density at radius 3 is 1.70 bits per heavy atom. The Labute approximate surface area is 117 Å². The molecular formula is C16H17NO3. The van der Waals surface area contributed by atoms with Crippen LogP contribution < -0.4 is 0 Å².